The van der Waals surface area contributed by atoms with E-state index < -0.39 is 30.3 Å². The number of rotatable bonds is 7. The molecule has 0 saturated carbocycles. The van der Waals surface area contributed by atoms with E-state index in [9.17, 15) is 19.2 Å². The smallest absolute Gasteiger partial charge is 0.335 e. The first-order chi connectivity index (χ1) is 10.1. The van der Waals surface area contributed by atoms with Crippen LogP contribution in [0.3, 0.4) is 0 Å². The summed E-state index contributed by atoms with van der Waals surface area (Å²) in [5, 5.41) is 0. The van der Waals surface area contributed by atoms with E-state index >= 15 is 0 Å². The van der Waals surface area contributed by atoms with Crippen molar-refractivity contribution < 1.29 is 19.2 Å². The Hall–Kier alpha value is -2.22. The minimum Gasteiger partial charge on any atom is -0.344 e. The van der Waals surface area contributed by atoms with Crippen LogP contribution in [0.1, 0.15) is 13.8 Å². The van der Waals surface area contributed by atoms with E-state index in [0.29, 0.717) is 18.0 Å². The molecule has 1 rings (SSSR count). The molecule has 1 fully saturated rings. The predicted molar refractivity (Wildman–Crippen MR) is 79.5 cm³/mol. The summed E-state index contributed by atoms with van der Waals surface area (Å²) in [4.78, 5) is 50.4. The maximum atomic E-state index is 12.1. The van der Waals surface area contributed by atoms with Gasteiger partial charge in [-0.2, -0.15) is 0 Å². The Bertz CT molecular complexity index is 515. The van der Waals surface area contributed by atoms with Crippen LogP contribution in [0, 0.1) is 5.41 Å². The summed E-state index contributed by atoms with van der Waals surface area (Å²) in [6, 6.07) is -0.797. The maximum absolute atomic E-state index is 12.1. The number of nitrogens with zero attached hydrogens (tertiary/aromatic N) is 3. The molecule has 5 amide bonds. The van der Waals surface area contributed by atoms with Crippen molar-refractivity contribution >= 4 is 23.8 Å². The topological polar surface area (TPSA) is 104 Å². The van der Waals surface area contributed by atoms with Crippen LogP contribution in [0.2, 0.25) is 0 Å². The average molecular weight is 310 g/mol. The van der Waals surface area contributed by atoms with Gasteiger partial charge < -0.3 is 10.6 Å². The molecule has 1 heterocycles. The highest BCUT2D eigenvalue weighted by atomic mass is 16.2. The van der Waals surface area contributed by atoms with Gasteiger partial charge in [0.05, 0.1) is 0 Å². The molecule has 0 radical (unpaired) electrons. The Labute approximate surface area is 129 Å². The van der Waals surface area contributed by atoms with Gasteiger partial charge in [0.25, 0.3) is 0 Å². The van der Waals surface area contributed by atoms with E-state index in [1.807, 2.05) is 13.8 Å². The van der Waals surface area contributed by atoms with E-state index in [-0.39, 0.29) is 12.0 Å². The molecule has 1 aliphatic heterocycles. The molecule has 22 heavy (non-hydrogen) atoms. The van der Waals surface area contributed by atoms with Crippen LogP contribution < -0.4 is 5.73 Å². The van der Waals surface area contributed by atoms with E-state index in [1.165, 1.54) is 11.0 Å². The van der Waals surface area contributed by atoms with Crippen LogP contribution in [0.4, 0.5) is 4.79 Å². The summed E-state index contributed by atoms with van der Waals surface area (Å²) in [6.07, 6.45) is 1.34. The molecule has 2 N–H and O–H groups in total. The Morgan fingerprint density at radius 2 is 1.82 bits per heavy atom. The highest BCUT2D eigenvalue weighted by Gasteiger charge is 2.44. The van der Waals surface area contributed by atoms with Gasteiger partial charge in [0, 0.05) is 20.1 Å². The molecule has 8 nitrogen and oxygen atoms in total. The van der Waals surface area contributed by atoms with Gasteiger partial charge in [-0.1, -0.05) is 19.9 Å². The fraction of sp³-hybridized carbons (Fsp3) is 0.571. The molecule has 122 valence electrons. The summed E-state index contributed by atoms with van der Waals surface area (Å²) < 4.78 is 0. The number of imide groups is 2. The maximum Gasteiger partial charge on any atom is 0.335 e. The molecule has 0 aromatic carbocycles. The van der Waals surface area contributed by atoms with Crippen LogP contribution in [-0.2, 0) is 14.4 Å². The van der Waals surface area contributed by atoms with Crippen molar-refractivity contribution in [3.05, 3.63) is 12.7 Å². The van der Waals surface area contributed by atoms with E-state index in [1.54, 1.807) is 7.05 Å². The lowest BCUT2D eigenvalue weighted by Crippen LogP contribution is -2.46. The lowest BCUT2D eigenvalue weighted by molar-refractivity contribution is -0.144. The second-order valence-electron chi connectivity index (χ2n) is 6.00. The largest absolute Gasteiger partial charge is 0.344 e. The van der Waals surface area contributed by atoms with Gasteiger partial charge in [0.2, 0.25) is 5.91 Å². The lowest BCUT2D eigenvalue weighted by Gasteiger charge is -2.29. The number of hydrogen-bond acceptors (Lipinski definition) is 5. The zero-order valence-corrected chi connectivity index (χ0v) is 13.2. The minimum atomic E-state index is -0.994. The molecule has 0 aliphatic carbocycles. The number of urea groups is 1. The molecule has 0 unspecified atom stereocenters. The van der Waals surface area contributed by atoms with Crippen LogP contribution >= 0.6 is 0 Å². The summed E-state index contributed by atoms with van der Waals surface area (Å²) in [7, 11) is 1.56. The van der Waals surface area contributed by atoms with Crippen molar-refractivity contribution in [1.29, 1.82) is 0 Å². The number of nitrogens with two attached hydrogens (primary N) is 1. The van der Waals surface area contributed by atoms with Crippen LogP contribution in [0.25, 0.3) is 0 Å². The standard InChI is InChI=1S/C14H22N4O4/c1-5-6-17-11(20)12(21)18(13(17)22)7-10(19)16(4)9-14(2,3)8-15/h5H,1,6-9,15H2,2-4H3. The fourth-order valence-electron chi connectivity index (χ4n) is 2.03. The number of likely N-dealkylation sites (N-methyl/N-ethyl adjacent to an activating group) is 1. The molecule has 0 atom stereocenters. The van der Waals surface area contributed by atoms with Crippen LogP contribution in [0.15, 0.2) is 12.7 Å². The molecular formula is C14H22N4O4. The Kier molecular flexibility index (Phi) is 5.43. The Morgan fingerprint density at radius 3 is 2.32 bits per heavy atom. The van der Waals surface area contributed by atoms with E-state index in [2.05, 4.69) is 6.58 Å². The molecule has 8 heteroatoms. The second-order valence-corrected chi connectivity index (χ2v) is 6.00. The van der Waals surface area contributed by atoms with Gasteiger partial charge in [-0.05, 0) is 12.0 Å². The van der Waals surface area contributed by atoms with Crippen molar-refractivity contribution in [2.75, 3.05) is 33.2 Å². The normalized spacial score (nSPS) is 15.5. The third-order valence-corrected chi connectivity index (χ3v) is 3.38. The molecular weight excluding hydrogens is 288 g/mol. The van der Waals surface area contributed by atoms with Gasteiger partial charge in [-0.15, -0.1) is 6.58 Å². The summed E-state index contributed by atoms with van der Waals surface area (Å²) in [6.45, 7) is 7.46. The molecule has 1 saturated heterocycles. The summed E-state index contributed by atoms with van der Waals surface area (Å²) in [5.74, 6) is -2.37. The number of amides is 5. The molecule has 0 spiro atoms. The Morgan fingerprint density at radius 1 is 1.27 bits per heavy atom. The average Bonchev–Trinajstić information content (AvgIpc) is 2.64. The van der Waals surface area contributed by atoms with Gasteiger partial charge in [-0.25, -0.2) is 9.69 Å². The molecule has 0 bridgehead atoms. The number of carbonyl (C=O) groups is 4. The number of hydrogen-bond donors (Lipinski definition) is 1. The lowest BCUT2D eigenvalue weighted by atomic mass is 9.93. The monoisotopic (exact) mass is 310 g/mol. The van der Waals surface area contributed by atoms with Crippen LogP contribution in [0.5, 0.6) is 0 Å². The predicted octanol–water partition coefficient (Wildman–Crippen LogP) is -0.593. The van der Waals surface area contributed by atoms with Gasteiger partial charge in [-0.3, -0.25) is 19.3 Å². The first-order valence-corrected chi connectivity index (χ1v) is 6.87. The highest BCUT2D eigenvalue weighted by Crippen LogP contribution is 2.15. The summed E-state index contributed by atoms with van der Waals surface area (Å²) >= 11 is 0. The van der Waals surface area contributed by atoms with E-state index in [4.69, 9.17) is 5.73 Å². The molecule has 1 aliphatic rings. The van der Waals surface area contributed by atoms with Gasteiger partial charge in [0.15, 0.2) is 0 Å². The van der Waals surface area contributed by atoms with E-state index in [0.717, 1.165) is 4.90 Å². The first kappa shape index (κ1) is 17.8. The summed E-state index contributed by atoms with van der Waals surface area (Å²) in [5.41, 5.74) is 5.33. The fourth-order valence-corrected chi connectivity index (χ4v) is 2.03. The SMILES string of the molecule is C=CCN1C(=O)C(=O)N(CC(=O)N(C)CC(C)(C)CN)C1=O. The third kappa shape index (κ3) is 3.70. The zero-order chi connectivity index (χ0) is 17.1. The highest BCUT2D eigenvalue weighted by molar-refractivity contribution is 6.45. The quantitative estimate of drug-likeness (QED) is 0.384. The van der Waals surface area contributed by atoms with Crippen molar-refractivity contribution in [2.24, 2.45) is 11.1 Å². The van der Waals surface area contributed by atoms with Gasteiger partial charge >= 0.3 is 17.8 Å². The molecule has 0 aromatic heterocycles. The van der Waals surface area contributed by atoms with Crippen molar-refractivity contribution in [2.45, 2.75) is 13.8 Å². The van der Waals surface area contributed by atoms with Crippen molar-refractivity contribution in [3.63, 3.8) is 0 Å². The van der Waals surface area contributed by atoms with Crippen molar-refractivity contribution in [1.82, 2.24) is 14.7 Å². The zero-order valence-electron chi connectivity index (χ0n) is 13.2. The minimum absolute atomic E-state index is 0.0653. The Balaban J connectivity index is 2.76. The molecule has 0 aromatic rings. The van der Waals surface area contributed by atoms with Crippen molar-refractivity contribution in [3.8, 4) is 0 Å². The third-order valence-electron chi connectivity index (χ3n) is 3.38. The number of carbonyl (C=O) groups excluding carboxylic acids is 4. The first-order valence-electron chi connectivity index (χ1n) is 6.87. The second kappa shape index (κ2) is 6.69. The van der Waals surface area contributed by atoms with Gasteiger partial charge in [0.1, 0.15) is 6.54 Å². The van der Waals surface area contributed by atoms with Crippen LogP contribution in [-0.4, -0.2) is 71.7 Å².